The maximum Gasteiger partial charge on any atom is 0.229 e. The highest BCUT2D eigenvalue weighted by molar-refractivity contribution is 7.90. The summed E-state index contributed by atoms with van der Waals surface area (Å²) in [5, 5.41) is 5.22. The lowest BCUT2D eigenvalue weighted by Gasteiger charge is -2.31. The fourth-order valence-corrected chi connectivity index (χ4v) is 4.94. The molecule has 0 amide bonds. The summed E-state index contributed by atoms with van der Waals surface area (Å²) in [7, 11) is -1.28. The van der Waals surface area contributed by atoms with E-state index >= 15 is 0 Å². The Morgan fingerprint density at radius 2 is 1.91 bits per heavy atom. The van der Waals surface area contributed by atoms with Crippen molar-refractivity contribution in [3.05, 3.63) is 41.5 Å². The van der Waals surface area contributed by atoms with Crippen molar-refractivity contribution in [3.8, 4) is 5.82 Å². The number of anilines is 3. The molecular weight excluding hydrogens is 462 g/mol. The molecule has 1 fully saturated rings. The minimum Gasteiger partial charge on any atom is -0.381 e. The fraction of sp³-hybridized carbons (Fsp3) is 0.333. The molecule has 0 unspecified atom stereocenters. The number of sulfone groups is 1. The molecule has 33 heavy (non-hydrogen) atoms. The van der Waals surface area contributed by atoms with E-state index in [0.717, 1.165) is 18.7 Å². The molecule has 0 radical (unpaired) electrons. The standard InChI is InChI=1S/C21H23N7O3S2/c1-27(15-7-9-31-10-8-15)21-25-19(24-14-3-5-16(6-4-14)33(2,29)30)18-20(26-21)28(12-22-18)17-11-32-13-23-17/h3-6,11-13,15H,7-10H2,1-2H3,(H,24,25,26). The van der Waals surface area contributed by atoms with Gasteiger partial charge in [-0.05, 0) is 37.1 Å². The zero-order chi connectivity index (χ0) is 23.0. The summed E-state index contributed by atoms with van der Waals surface area (Å²) >= 11 is 1.50. The molecule has 1 aliphatic rings. The number of imidazole rings is 1. The second-order valence-corrected chi connectivity index (χ2v) is 10.6. The van der Waals surface area contributed by atoms with Crippen LogP contribution in [0.5, 0.6) is 0 Å². The Labute approximate surface area is 195 Å². The number of thiazole rings is 1. The van der Waals surface area contributed by atoms with Crippen LogP contribution in [0.3, 0.4) is 0 Å². The van der Waals surface area contributed by atoms with E-state index in [-0.39, 0.29) is 10.9 Å². The van der Waals surface area contributed by atoms with Crippen molar-refractivity contribution in [2.75, 3.05) is 36.7 Å². The Morgan fingerprint density at radius 3 is 2.58 bits per heavy atom. The number of hydrogen-bond acceptors (Lipinski definition) is 10. The number of nitrogens with zero attached hydrogens (tertiary/aromatic N) is 6. The highest BCUT2D eigenvalue weighted by atomic mass is 32.2. The van der Waals surface area contributed by atoms with E-state index in [0.29, 0.717) is 41.8 Å². The molecule has 1 N–H and O–H groups in total. The van der Waals surface area contributed by atoms with Crippen LogP contribution < -0.4 is 10.2 Å². The third kappa shape index (κ3) is 4.41. The van der Waals surface area contributed by atoms with Crippen molar-refractivity contribution in [2.24, 2.45) is 0 Å². The molecule has 0 aliphatic carbocycles. The van der Waals surface area contributed by atoms with E-state index in [1.165, 1.54) is 17.6 Å². The molecule has 12 heteroatoms. The second kappa shape index (κ2) is 8.69. The summed E-state index contributed by atoms with van der Waals surface area (Å²) in [6.45, 7) is 1.43. The lowest BCUT2D eigenvalue weighted by Crippen LogP contribution is -2.37. The van der Waals surface area contributed by atoms with Crippen molar-refractivity contribution in [1.82, 2.24) is 24.5 Å². The average Bonchev–Trinajstić information content (AvgIpc) is 3.49. The monoisotopic (exact) mass is 485 g/mol. The van der Waals surface area contributed by atoms with E-state index in [1.54, 1.807) is 36.1 Å². The van der Waals surface area contributed by atoms with Crippen LogP contribution >= 0.6 is 11.3 Å². The van der Waals surface area contributed by atoms with Crippen LogP contribution in [0.1, 0.15) is 12.8 Å². The van der Waals surface area contributed by atoms with E-state index in [9.17, 15) is 8.42 Å². The van der Waals surface area contributed by atoms with Gasteiger partial charge in [-0.25, -0.2) is 18.4 Å². The molecule has 4 aromatic rings. The number of rotatable bonds is 6. The number of ether oxygens (including phenoxy) is 1. The summed E-state index contributed by atoms with van der Waals surface area (Å²) in [4.78, 5) is 20.9. The van der Waals surface area contributed by atoms with Gasteiger partial charge in [0.2, 0.25) is 5.95 Å². The SMILES string of the molecule is CN(c1nc(Nc2ccc(S(C)(=O)=O)cc2)c2ncn(-c3cscn3)c2n1)C1CCOCC1. The van der Waals surface area contributed by atoms with Gasteiger partial charge < -0.3 is 15.0 Å². The van der Waals surface area contributed by atoms with Gasteiger partial charge in [0.15, 0.2) is 32.6 Å². The predicted octanol–water partition coefficient (Wildman–Crippen LogP) is 3.03. The number of hydrogen-bond donors (Lipinski definition) is 1. The largest absolute Gasteiger partial charge is 0.381 e. The van der Waals surface area contributed by atoms with Crippen LogP contribution in [0, 0.1) is 0 Å². The molecule has 0 atom stereocenters. The Bertz CT molecular complexity index is 1360. The van der Waals surface area contributed by atoms with Crippen LogP contribution in [-0.4, -0.2) is 65.5 Å². The van der Waals surface area contributed by atoms with Gasteiger partial charge in [0.05, 0.1) is 10.4 Å². The molecule has 4 heterocycles. The average molecular weight is 486 g/mol. The Kier molecular flexibility index (Phi) is 5.72. The van der Waals surface area contributed by atoms with E-state index in [1.807, 2.05) is 17.0 Å². The number of nitrogens with one attached hydrogen (secondary N) is 1. The van der Waals surface area contributed by atoms with E-state index in [2.05, 4.69) is 20.2 Å². The van der Waals surface area contributed by atoms with Crippen LogP contribution in [0.2, 0.25) is 0 Å². The smallest absolute Gasteiger partial charge is 0.229 e. The molecule has 1 saturated heterocycles. The van der Waals surface area contributed by atoms with Crippen molar-refractivity contribution < 1.29 is 13.2 Å². The first-order valence-electron chi connectivity index (χ1n) is 10.4. The third-order valence-corrected chi connectivity index (χ3v) is 7.35. The van der Waals surface area contributed by atoms with Gasteiger partial charge in [0, 0.05) is 43.6 Å². The fourth-order valence-electron chi connectivity index (χ4n) is 3.78. The lowest BCUT2D eigenvalue weighted by atomic mass is 10.1. The Morgan fingerprint density at radius 1 is 1.15 bits per heavy atom. The molecule has 1 aromatic carbocycles. The quantitative estimate of drug-likeness (QED) is 0.440. The zero-order valence-corrected chi connectivity index (χ0v) is 19.8. The van der Waals surface area contributed by atoms with Gasteiger partial charge in [-0.2, -0.15) is 9.97 Å². The molecule has 10 nitrogen and oxygen atoms in total. The summed E-state index contributed by atoms with van der Waals surface area (Å²) < 4.78 is 30.9. The van der Waals surface area contributed by atoms with E-state index in [4.69, 9.17) is 14.7 Å². The molecule has 0 spiro atoms. The van der Waals surface area contributed by atoms with Crippen molar-refractivity contribution in [1.29, 1.82) is 0 Å². The normalized spacial score (nSPS) is 15.1. The summed E-state index contributed by atoms with van der Waals surface area (Å²) in [5.74, 6) is 1.85. The Balaban J connectivity index is 1.57. The van der Waals surface area contributed by atoms with Gasteiger partial charge in [0.1, 0.15) is 6.33 Å². The van der Waals surface area contributed by atoms with Crippen molar-refractivity contribution in [3.63, 3.8) is 0 Å². The van der Waals surface area contributed by atoms with Crippen LogP contribution in [0.25, 0.3) is 17.0 Å². The lowest BCUT2D eigenvalue weighted by molar-refractivity contribution is 0.0852. The highest BCUT2D eigenvalue weighted by Gasteiger charge is 2.23. The second-order valence-electron chi connectivity index (χ2n) is 7.88. The molecule has 172 valence electrons. The summed E-state index contributed by atoms with van der Waals surface area (Å²) in [5.41, 5.74) is 3.70. The molecule has 0 saturated carbocycles. The maximum absolute atomic E-state index is 11.8. The van der Waals surface area contributed by atoms with Gasteiger partial charge in [0.25, 0.3) is 0 Å². The molecule has 3 aromatic heterocycles. The van der Waals surface area contributed by atoms with Gasteiger partial charge >= 0.3 is 0 Å². The number of aromatic nitrogens is 5. The minimum absolute atomic E-state index is 0.258. The third-order valence-electron chi connectivity index (χ3n) is 5.65. The van der Waals surface area contributed by atoms with Gasteiger partial charge in [-0.15, -0.1) is 11.3 Å². The van der Waals surface area contributed by atoms with Gasteiger partial charge in [-0.1, -0.05) is 0 Å². The van der Waals surface area contributed by atoms with Crippen LogP contribution in [0.15, 0.2) is 46.4 Å². The zero-order valence-electron chi connectivity index (χ0n) is 18.2. The number of fused-ring (bicyclic) bond motifs is 1. The predicted molar refractivity (Wildman–Crippen MR) is 127 cm³/mol. The van der Waals surface area contributed by atoms with Crippen LogP contribution in [-0.2, 0) is 14.6 Å². The molecule has 5 rings (SSSR count). The minimum atomic E-state index is -3.27. The summed E-state index contributed by atoms with van der Waals surface area (Å²) in [6, 6.07) is 6.83. The topological polar surface area (TPSA) is 115 Å². The maximum atomic E-state index is 11.8. The van der Waals surface area contributed by atoms with Crippen LogP contribution in [0.4, 0.5) is 17.5 Å². The van der Waals surface area contributed by atoms with Crippen molar-refractivity contribution in [2.45, 2.75) is 23.8 Å². The highest BCUT2D eigenvalue weighted by Crippen LogP contribution is 2.29. The first-order chi connectivity index (χ1) is 15.9. The van der Waals surface area contributed by atoms with Gasteiger partial charge in [-0.3, -0.25) is 4.57 Å². The molecule has 0 bridgehead atoms. The van der Waals surface area contributed by atoms with Crippen molar-refractivity contribution >= 4 is 49.8 Å². The summed E-state index contributed by atoms with van der Waals surface area (Å²) in [6.07, 6.45) is 4.68. The molecular formula is C21H23N7O3S2. The Hall–Kier alpha value is -3.09. The number of benzene rings is 1. The first-order valence-corrected chi connectivity index (χ1v) is 13.2. The van der Waals surface area contributed by atoms with E-state index < -0.39 is 9.84 Å². The molecule has 1 aliphatic heterocycles. The first kappa shape index (κ1) is 21.7.